The molecule has 0 saturated heterocycles. The summed E-state index contributed by atoms with van der Waals surface area (Å²) in [5.41, 5.74) is 0. The first kappa shape index (κ1) is 64.9. The lowest BCUT2D eigenvalue weighted by Gasteiger charge is -2.18. The van der Waals surface area contributed by atoms with Crippen molar-refractivity contribution in [3.05, 3.63) is 24.3 Å². The van der Waals surface area contributed by atoms with E-state index >= 15 is 0 Å². The molecule has 0 N–H and O–H groups in total. The number of rotatable bonds is 55. The molecule has 0 rings (SSSR count). The molecule has 0 radical (unpaired) electrons. The number of carbonyl (C=O) groups excluding carboxylic acids is 3. The number of ether oxygens (including phenoxy) is 3. The number of allylic oxidation sites excluding steroid dienone is 4. The molecule has 0 aromatic rings. The fourth-order valence-electron chi connectivity index (χ4n) is 8.95. The summed E-state index contributed by atoms with van der Waals surface area (Å²) >= 11 is 0. The third-order valence-electron chi connectivity index (χ3n) is 13.5. The van der Waals surface area contributed by atoms with Crippen molar-refractivity contribution in [2.45, 2.75) is 335 Å². The second-order valence-electron chi connectivity index (χ2n) is 20.3. The fraction of sp³-hybridized carbons (Fsp3) is 0.885. The van der Waals surface area contributed by atoms with Gasteiger partial charge in [-0.3, -0.25) is 14.4 Å². The van der Waals surface area contributed by atoms with Crippen molar-refractivity contribution < 1.29 is 28.6 Å². The van der Waals surface area contributed by atoms with Gasteiger partial charge in [0.05, 0.1) is 0 Å². The van der Waals surface area contributed by atoms with Crippen molar-refractivity contribution in [3.8, 4) is 0 Å². The van der Waals surface area contributed by atoms with E-state index in [0.717, 1.165) is 77.0 Å². The molecular formula is C61H114O6. The zero-order valence-electron chi connectivity index (χ0n) is 45.2. The molecule has 0 amide bonds. The molecule has 0 bridgehead atoms. The van der Waals surface area contributed by atoms with Crippen LogP contribution in [-0.4, -0.2) is 37.2 Å². The zero-order chi connectivity index (χ0) is 48.6. The van der Waals surface area contributed by atoms with Crippen molar-refractivity contribution in [2.75, 3.05) is 13.2 Å². The Morgan fingerprint density at radius 3 is 0.851 bits per heavy atom. The predicted octanol–water partition coefficient (Wildman–Crippen LogP) is 19.9. The SMILES string of the molecule is CCCCCC=CCC=CCCCCCCCC(=O)OC(COC(=O)CCCCCCCCCCCCCCCCC)COC(=O)CCCCCCCCCCCCCCCCCCCCC. The van der Waals surface area contributed by atoms with Crippen LogP contribution in [-0.2, 0) is 28.6 Å². The van der Waals surface area contributed by atoms with Crippen LogP contribution in [0.5, 0.6) is 0 Å². The highest BCUT2D eigenvalue weighted by molar-refractivity contribution is 5.71. The molecule has 0 aliphatic rings. The Hall–Kier alpha value is -2.11. The summed E-state index contributed by atoms with van der Waals surface area (Å²) in [7, 11) is 0. The van der Waals surface area contributed by atoms with Crippen molar-refractivity contribution in [2.24, 2.45) is 0 Å². The number of unbranched alkanes of at least 4 members (excludes halogenated alkanes) is 40. The maximum atomic E-state index is 12.8. The van der Waals surface area contributed by atoms with Gasteiger partial charge in [0.1, 0.15) is 13.2 Å². The smallest absolute Gasteiger partial charge is 0.306 e. The van der Waals surface area contributed by atoms with Crippen LogP contribution in [0.3, 0.4) is 0 Å². The summed E-state index contributed by atoms with van der Waals surface area (Å²) in [6.07, 6.45) is 66.0. The van der Waals surface area contributed by atoms with Gasteiger partial charge in [0.15, 0.2) is 6.10 Å². The van der Waals surface area contributed by atoms with E-state index in [1.54, 1.807) is 0 Å². The van der Waals surface area contributed by atoms with E-state index in [0.29, 0.717) is 19.3 Å². The first-order valence-electron chi connectivity index (χ1n) is 29.8. The first-order valence-corrected chi connectivity index (χ1v) is 29.8. The van der Waals surface area contributed by atoms with Gasteiger partial charge in [0.25, 0.3) is 0 Å². The highest BCUT2D eigenvalue weighted by Crippen LogP contribution is 2.17. The van der Waals surface area contributed by atoms with Crippen molar-refractivity contribution in [1.29, 1.82) is 0 Å². The molecule has 0 aromatic heterocycles. The second kappa shape index (κ2) is 56.5. The summed E-state index contributed by atoms with van der Waals surface area (Å²) in [5.74, 6) is -0.861. The summed E-state index contributed by atoms with van der Waals surface area (Å²) < 4.78 is 16.9. The zero-order valence-corrected chi connectivity index (χ0v) is 45.2. The number of hydrogen-bond acceptors (Lipinski definition) is 6. The molecule has 394 valence electrons. The summed E-state index contributed by atoms with van der Waals surface area (Å²) in [5, 5.41) is 0. The van der Waals surface area contributed by atoms with E-state index in [9.17, 15) is 14.4 Å². The lowest BCUT2D eigenvalue weighted by atomic mass is 10.0. The van der Waals surface area contributed by atoms with Crippen LogP contribution in [0.2, 0.25) is 0 Å². The molecule has 1 unspecified atom stereocenters. The number of esters is 3. The molecule has 0 heterocycles. The van der Waals surface area contributed by atoms with Crippen molar-refractivity contribution in [3.63, 3.8) is 0 Å². The Kier molecular flexibility index (Phi) is 54.7. The van der Waals surface area contributed by atoms with Crippen LogP contribution >= 0.6 is 0 Å². The lowest BCUT2D eigenvalue weighted by Crippen LogP contribution is -2.30. The van der Waals surface area contributed by atoms with Gasteiger partial charge in [-0.1, -0.05) is 283 Å². The predicted molar refractivity (Wildman–Crippen MR) is 289 cm³/mol. The van der Waals surface area contributed by atoms with Gasteiger partial charge in [0.2, 0.25) is 0 Å². The highest BCUT2D eigenvalue weighted by atomic mass is 16.6. The average molecular weight is 944 g/mol. The average Bonchev–Trinajstić information content (AvgIpc) is 3.33. The molecule has 6 heteroatoms. The summed E-state index contributed by atoms with van der Waals surface area (Å²) in [6, 6.07) is 0. The molecule has 67 heavy (non-hydrogen) atoms. The first-order chi connectivity index (χ1) is 33.0. The molecule has 0 aromatic carbocycles. The Morgan fingerprint density at radius 1 is 0.299 bits per heavy atom. The van der Waals surface area contributed by atoms with Crippen LogP contribution in [0, 0.1) is 0 Å². The largest absolute Gasteiger partial charge is 0.462 e. The Labute approximate surface area is 417 Å². The van der Waals surface area contributed by atoms with E-state index in [4.69, 9.17) is 14.2 Å². The van der Waals surface area contributed by atoms with Gasteiger partial charge in [-0.05, 0) is 51.4 Å². The van der Waals surface area contributed by atoms with Gasteiger partial charge in [-0.25, -0.2) is 0 Å². The minimum atomic E-state index is -0.774. The number of carbonyl (C=O) groups is 3. The number of hydrogen-bond donors (Lipinski definition) is 0. The van der Waals surface area contributed by atoms with Crippen LogP contribution in [0.1, 0.15) is 329 Å². The van der Waals surface area contributed by atoms with Crippen LogP contribution < -0.4 is 0 Å². The molecule has 0 saturated carbocycles. The van der Waals surface area contributed by atoms with Gasteiger partial charge in [-0.2, -0.15) is 0 Å². The van der Waals surface area contributed by atoms with E-state index in [2.05, 4.69) is 45.1 Å². The maximum Gasteiger partial charge on any atom is 0.306 e. The molecule has 0 spiro atoms. The van der Waals surface area contributed by atoms with E-state index in [1.165, 1.54) is 212 Å². The standard InChI is InChI=1S/C61H114O6/c1-4-7-10-13-16-19-22-25-28-29-30-31-34-36-39-42-45-48-51-54-60(63)66-57-58(67-61(64)55-52-49-46-43-40-37-33-27-24-21-18-15-12-9-6-3)56-65-59(62)53-50-47-44-41-38-35-32-26-23-20-17-14-11-8-5-2/h18,21,27,33,58H,4-17,19-20,22-26,28-32,34-57H2,1-3H3. The van der Waals surface area contributed by atoms with Crippen molar-refractivity contribution >= 4 is 17.9 Å². The molecule has 1 atom stereocenters. The normalized spacial score (nSPS) is 12.1. The Bertz CT molecular complexity index is 1080. The minimum absolute atomic E-state index is 0.0713. The lowest BCUT2D eigenvalue weighted by molar-refractivity contribution is -0.167. The van der Waals surface area contributed by atoms with E-state index < -0.39 is 6.10 Å². The molecule has 0 aliphatic heterocycles. The Balaban J connectivity index is 4.31. The quantitative estimate of drug-likeness (QED) is 0.0262. The molecule has 0 aliphatic carbocycles. The van der Waals surface area contributed by atoms with Crippen LogP contribution in [0.25, 0.3) is 0 Å². The molecule has 0 fully saturated rings. The maximum absolute atomic E-state index is 12.8. The fourth-order valence-corrected chi connectivity index (χ4v) is 8.95. The minimum Gasteiger partial charge on any atom is -0.462 e. The highest BCUT2D eigenvalue weighted by Gasteiger charge is 2.19. The molecule has 6 nitrogen and oxygen atoms in total. The third kappa shape index (κ3) is 54.7. The van der Waals surface area contributed by atoms with Crippen LogP contribution in [0.4, 0.5) is 0 Å². The van der Waals surface area contributed by atoms with E-state index in [1.807, 2.05) is 0 Å². The topological polar surface area (TPSA) is 78.9 Å². The Morgan fingerprint density at radius 2 is 0.537 bits per heavy atom. The second-order valence-corrected chi connectivity index (χ2v) is 20.3. The summed E-state index contributed by atoms with van der Waals surface area (Å²) in [4.78, 5) is 38.2. The monoisotopic (exact) mass is 943 g/mol. The van der Waals surface area contributed by atoms with Crippen molar-refractivity contribution in [1.82, 2.24) is 0 Å². The molecular weight excluding hydrogens is 829 g/mol. The van der Waals surface area contributed by atoms with Gasteiger partial charge >= 0.3 is 17.9 Å². The van der Waals surface area contributed by atoms with Crippen LogP contribution in [0.15, 0.2) is 24.3 Å². The van der Waals surface area contributed by atoms with Gasteiger partial charge in [-0.15, -0.1) is 0 Å². The van der Waals surface area contributed by atoms with E-state index in [-0.39, 0.29) is 31.1 Å². The van der Waals surface area contributed by atoms with Gasteiger partial charge in [0, 0.05) is 19.3 Å². The third-order valence-corrected chi connectivity index (χ3v) is 13.5. The summed E-state index contributed by atoms with van der Waals surface area (Å²) in [6.45, 7) is 6.66. The van der Waals surface area contributed by atoms with Gasteiger partial charge < -0.3 is 14.2 Å².